The molecule has 1 fully saturated rings. The molecule has 112 valence electrons. The molecule has 0 aromatic rings. The van der Waals surface area contributed by atoms with Crippen molar-refractivity contribution in [1.29, 1.82) is 0 Å². The zero-order valence-electron chi connectivity index (χ0n) is 13.0. The van der Waals surface area contributed by atoms with Gasteiger partial charge in [0.2, 0.25) is 5.91 Å². The lowest BCUT2D eigenvalue weighted by Crippen LogP contribution is -2.54. The van der Waals surface area contributed by atoms with Gasteiger partial charge >= 0.3 is 0 Å². The van der Waals surface area contributed by atoms with E-state index in [9.17, 15) is 4.79 Å². The van der Waals surface area contributed by atoms with Gasteiger partial charge in [-0.25, -0.2) is 0 Å². The van der Waals surface area contributed by atoms with Gasteiger partial charge in [0.15, 0.2) is 0 Å². The second kappa shape index (κ2) is 7.85. The molecular weight excluding hydrogens is 238 g/mol. The molecule has 1 rings (SSSR count). The van der Waals surface area contributed by atoms with E-state index < -0.39 is 0 Å². The minimum Gasteiger partial charge on any atom is -0.340 e. The molecular formula is C15H31N3O. The summed E-state index contributed by atoms with van der Waals surface area (Å²) in [6.45, 7) is 11.8. The molecule has 1 amide bonds. The molecule has 1 aliphatic heterocycles. The molecule has 0 aliphatic carbocycles. The Kier molecular flexibility index (Phi) is 6.80. The number of hydrogen-bond acceptors (Lipinski definition) is 3. The van der Waals surface area contributed by atoms with E-state index in [1.165, 1.54) is 0 Å². The largest absolute Gasteiger partial charge is 0.340 e. The third-order valence-electron chi connectivity index (χ3n) is 4.41. The van der Waals surface area contributed by atoms with E-state index in [1.807, 2.05) is 4.90 Å². The summed E-state index contributed by atoms with van der Waals surface area (Å²) in [6.07, 6.45) is 3.89. The monoisotopic (exact) mass is 269 g/mol. The summed E-state index contributed by atoms with van der Waals surface area (Å²) in [5.41, 5.74) is 5.68. The summed E-state index contributed by atoms with van der Waals surface area (Å²) in [7, 11) is 0. The molecule has 0 unspecified atom stereocenters. The predicted octanol–water partition coefficient (Wildman–Crippen LogP) is 1.70. The van der Waals surface area contributed by atoms with E-state index in [1.54, 1.807) is 0 Å². The van der Waals surface area contributed by atoms with Crippen LogP contribution in [0.5, 0.6) is 0 Å². The van der Waals surface area contributed by atoms with Gasteiger partial charge in [-0.3, -0.25) is 4.79 Å². The Morgan fingerprint density at radius 1 is 1.05 bits per heavy atom. The lowest BCUT2D eigenvalue weighted by Gasteiger charge is -2.40. The third kappa shape index (κ3) is 3.93. The highest BCUT2D eigenvalue weighted by Gasteiger charge is 2.39. The zero-order chi connectivity index (χ0) is 14.3. The van der Waals surface area contributed by atoms with Gasteiger partial charge in [-0.1, -0.05) is 33.6 Å². The molecule has 4 nitrogen and oxygen atoms in total. The summed E-state index contributed by atoms with van der Waals surface area (Å²) < 4.78 is 0. The van der Waals surface area contributed by atoms with Crippen molar-refractivity contribution >= 4 is 5.91 Å². The Balaban J connectivity index is 2.71. The molecule has 1 saturated heterocycles. The molecule has 1 aliphatic rings. The van der Waals surface area contributed by atoms with Crippen molar-refractivity contribution in [3.05, 3.63) is 0 Å². The third-order valence-corrected chi connectivity index (χ3v) is 4.41. The number of rotatable bonds is 7. The number of likely N-dealkylation sites (N-methyl/N-ethyl adjacent to an activating group) is 1. The van der Waals surface area contributed by atoms with E-state index in [0.29, 0.717) is 12.5 Å². The first-order valence-corrected chi connectivity index (χ1v) is 7.85. The lowest BCUT2D eigenvalue weighted by molar-refractivity contribution is -0.144. The van der Waals surface area contributed by atoms with Gasteiger partial charge < -0.3 is 15.5 Å². The Labute approximate surface area is 118 Å². The van der Waals surface area contributed by atoms with Gasteiger partial charge in [0.1, 0.15) is 0 Å². The lowest BCUT2D eigenvalue weighted by atomic mass is 9.77. The van der Waals surface area contributed by atoms with Crippen molar-refractivity contribution in [2.45, 2.75) is 46.5 Å². The highest BCUT2D eigenvalue weighted by Crippen LogP contribution is 2.31. The van der Waals surface area contributed by atoms with Crippen LogP contribution >= 0.6 is 0 Å². The normalized spacial score (nSPS) is 17.8. The van der Waals surface area contributed by atoms with Gasteiger partial charge in [-0.05, 0) is 19.4 Å². The summed E-state index contributed by atoms with van der Waals surface area (Å²) in [6, 6.07) is 0. The van der Waals surface area contributed by atoms with Crippen molar-refractivity contribution in [3.8, 4) is 0 Å². The Bertz CT molecular complexity index is 267. The molecule has 0 bridgehead atoms. The zero-order valence-corrected chi connectivity index (χ0v) is 13.0. The van der Waals surface area contributed by atoms with Crippen LogP contribution in [-0.2, 0) is 4.79 Å². The van der Waals surface area contributed by atoms with Gasteiger partial charge in [0.05, 0.1) is 5.41 Å². The summed E-state index contributed by atoms with van der Waals surface area (Å²) >= 11 is 0. The number of piperazine rings is 1. The Hall–Kier alpha value is -0.610. The quantitative estimate of drug-likeness (QED) is 0.765. The second-order valence-electron chi connectivity index (χ2n) is 5.71. The van der Waals surface area contributed by atoms with Crippen LogP contribution in [0.25, 0.3) is 0 Å². The molecule has 2 N–H and O–H groups in total. The smallest absolute Gasteiger partial charge is 0.230 e. The van der Waals surface area contributed by atoms with Crippen molar-refractivity contribution in [1.82, 2.24) is 9.80 Å². The second-order valence-corrected chi connectivity index (χ2v) is 5.71. The maximum atomic E-state index is 12.9. The van der Waals surface area contributed by atoms with Crippen LogP contribution in [0.15, 0.2) is 0 Å². The highest BCUT2D eigenvalue weighted by molar-refractivity contribution is 5.83. The first-order valence-electron chi connectivity index (χ1n) is 7.85. The van der Waals surface area contributed by atoms with Gasteiger partial charge in [0.25, 0.3) is 0 Å². The first-order chi connectivity index (χ1) is 9.13. The fraction of sp³-hybridized carbons (Fsp3) is 0.933. The molecule has 0 aromatic carbocycles. The Morgan fingerprint density at radius 3 is 1.95 bits per heavy atom. The Morgan fingerprint density at radius 2 is 1.58 bits per heavy atom. The molecule has 0 saturated carbocycles. The average molecular weight is 269 g/mol. The molecule has 19 heavy (non-hydrogen) atoms. The van der Waals surface area contributed by atoms with E-state index in [-0.39, 0.29) is 5.41 Å². The summed E-state index contributed by atoms with van der Waals surface area (Å²) in [4.78, 5) is 17.3. The summed E-state index contributed by atoms with van der Waals surface area (Å²) in [5.74, 6) is 0.300. The van der Waals surface area contributed by atoms with Crippen LogP contribution in [0.1, 0.15) is 46.5 Å². The van der Waals surface area contributed by atoms with E-state index in [2.05, 4.69) is 25.7 Å². The van der Waals surface area contributed by atoms with Crippen molar-refractivity contribution < 1.29 is 4.79 Å². The standard InChI is InChI=1S/C15H31N3O/c1-4-7-15(13-16,8-5-2)14(19)18-11-9-17(6-3)10-12-18/h4-13,16H2,1-3H3. The minimum absolute atomic E-state index is 0.300. The average Bonchev–Trinajstić information content (AvgIpc) is 2.46. The van der Waals surface area contributed by atoms with Crippen LogP contribution in [0.3, 0.4) is 0 Å². The predicted molar refractivity (Wildman–Crippen MR) is 80.0 cm³/mol. The number of nitrogens with two attached hydrogens (primary N) is 1. The molecule has 4 heteroatoms. The van der Waals surface area contributed by atoms with Crippen LogP contribution in [0.4, 0.5) is 0 Å². The molecule has 1 heterocycles. The topological polar surface area (TPSA) is 49.6 Å². The number of hydrogen-bond donors (Lipinski definition) is 1. The van der Waals surface area contributed by atoms with E-state index in [4.69, 9.17) is 5.73 Å². The molecule has 0 aromatic heterocycles. The number of carbonyl (C=O) groups is 1. The maximum absolute atomic E-state index is 12.9. The SMILES string of the molecule is CCCC(CN)(CCC)C(=O)N1CCN(CC)CC1. The van der Waals surface area contributed by atoms with Crippen molar-refractivity contribution in [2.24, 2.45) is 11.1 Å². The highest BCUT2D eigenvalue weighted by atomic mass is 16.2. The number of nitrogens with zero attached hydrogens (tertiary/aromatic N) is 2. The molecule has 0 radical (unpaired) electrons. The van der Waals surface area contributed by atoms with Crippen molar-refractivity contribution in [2.75, 3.05) is 39.3 Å². The minimum atomic E-state index is -0.308. The fourth-order valence-corrected chi connectivity index (χ4v) is 3.19. The van der Waals surface area contributed by atoms with Crippen molar-refractivity contribution in [3.63, 3.8) is 0 Å². The van der Waals surface area contributed by atoms with Gasteiger partial charge in [0, 0.05) is 32.7 Å². The maximum Gasteiger partial charge on any atom is 0.230 e. The number of carbonyl (C=O) groups excluding carboxylic acids is 1. The number of amides is 1. The fourth-order valence-electron chi connectivity index (χ4n) is 3.19. The molecule has 0 atom stereocenters. The van der Waals surface area contributed by atoms with Crippen LogP contribution in [-0.4, -0.2) is 55.0 Å². The van der Waals surface area contributed by atoms with Crippen LogP contribution < -0.4 is 5.73 Å². The van der Waals surface area contributed by atoms with E-state index in [0.717, 1.165) is 58.4 Å². The van der Waals surface area contributed by atoms with E-state index >= 15 is 0 Å². The molecule has 0 spiro atoms. The van der Waals surface area contributed by atoms with Gasteiger partial charge in [-0.15, -0.1) is 0 Å². The summed E-state index contributed by atoms with van der Waals surface area (Å²) in [5, 5.41) is 0. The van der Waals surface area contributed by atoms with Crippen LogP contribution in [0, 0.1) is 5.41 Å². The van der Waals surface area contributed by atoms with Gasteiger partial charge in [-0.2, -0.15) is 0 Å². The van der Waals surface area contributed by atoms with Crippen LogP contribution in [0.2, 0.25) is 0 Å². The first kappa shape index (κ1) is 16.4.